The lowest BCUT2D eigenvalue weighted by Gasteiger charge is -2.41. The number of fused-ring (bicyclic) bond motifs is 1. The second-order valence-corrected chi connectivity index (χ2v) is 11.5. The van der Waals surface area contributed by atoms with Crippen LogP contribution >= 0.6 is 11.6 Å². The Morgan fingerprint density at radius 3 is 2.53 bits per heavy atom. The van der Waals surface area contributed by atoms with Gasteiger partial charge in [0.05, 0.1) is 16.5 Å². The SMILES string of the molecule is C[C@@H](CNC(=O)c1cnc2c(c1)[C@@H](NS(=O)(=O)c1ccc(Cl)cc1)[C@H](O)C(C)(C)O2)c1ccccc1.[HH]. The van der Waals surface area contributed by atoms with Crippen molar-refractivity contribution in [1.82, 2.24) is 15.0 Å². The number of carbonyl (C=O) groups is 1. The fraction of sp³-hybridized carbons (Fsp3) is 0.308. The van der Waals surface area contributed by atoms with Crippen LogP contribution in [-0.2, 0) is 10.0 Å². The molecule has 1 aromatic heterocycles. The fourth-order valence-corrected chi connectivity index (χ4v) is 5.35. The van der Waals surface area contributed by atoms with E-state index in [-0.39, 0.29) is 35.2 Å². The maximum atomic E-state index is 13.1. The van der Waals surface area contributed by atoms with Crippen LogP contribution < -0.4 is 14.8 Å². The van der Waals surface area contributed by atoms with Gasteiger partial charge in [-0.15, -0.1) is 0 Å². The van der Waals surface area contributed by atoms with Gasteiger partial charge < -0.3 is 15.2 Å². The van der Waals surface area contributed by atoms with Gasteiger partial charge in [0.25, 0.3) is 5.91 Å². The average molecular weight is 532 g/mol. The fourth-order valence-electron chi connectivity index (χ4n) is 4.01. The lowest BCUT2D eigenvalue weighted by molar-refractivity contribution is -0.0632. The Kier molecular flexibility index (Phi) is 7.38. The summed E-state index contributed by atoms with van der Waals surface area (Å²) in [7, 11) is -4.04. The second-order valence-electron chi connectivity index (χ2n) is 9.34. The van der Waals surface area contributed by atoms with Gasteiger partial charge >= 0.3 is 0 Å². The van der Waals surface area contributed by atoms with Crippen LogP contribution in [0.1, 0.15) is 55.6 Å². The van der Waals surface area contributed by atoms with Crippen LogP contribution in [0.4, 0.5) is 0 Å². The highest BCUT2D eigenvalue weighted by molar-refractivity contribution is 7.89. The Labute approximate surface area is 217 Å². The Morgan fingerprint density at radius 2 is 1.86 bits per heavy atom. The van der Waals surface area contributed by atoms with Crippen molar-refractivity contribution in [1.29, 1.82) is 0 Å². The van der Waals surface area contributed by atoms with Gasteiger partial charge in [0.2, 0.25) is 15.9 Å². The van der Waals surface area contributed by atoms with Gasteiger partial charge in [-0.3, -0.25) is 4.79 Å². The predicted octanol–water partition coefficient (Wildman–Crippen LogP) is 4.07. The lowest BCUT2D eigenvalue weighted by Crippen LogP contribution is -2.53. The summed E-state index contributed by atoms with van der Waals surface area (Å²) in [6.45, 7) is 5.68. The molecule has 1 aliphatic heterocycles. The number of nitrogens with zero attached hydrogens (tertiary/aromatic N) is 1. The van der Waals surface area contributed by atoms with Crippen molar-refractivity contribution >= 4 is 27.5 Å². The third-order valence-corrected chi connectivity index (χ3v) is 7.92. The summed E-state index contributed by atoms with van der Waals surface area (Å²) < 4.78 is 34.6. The standard InChI is InChI=1S/C26H28ClN3O5S.H2/c1-16(17-7-5-4-6-8-17)14-28-24(32)18-13-21-22(23(31)26(2,3)35-25(21)29-15-18)30-36(33,34)20-11-9-19(27)10-12-20;/h4-13,15-16,22-23,30-31H,14H2,1-3H3,(H,28,32);1H/t16-,22+,23-;/m0./s1. The summed E-state index contributed by atoms with van der Waals surface area (Å²) >= 11 is 5.89. The van der Waals surface area contributed by atoms with E-state index in [4.69, 9.17) is 16.3 Å². The molecule has 0 spiro atoms. The van der Waals surface area contributed by atoms with Crippen molar-refractivity contribution in [2.45, 2.75) is 49.3 Å². The number of hydrogen-bond acceptors (Lipinski definition) is 6. The van der Waals surface area contributed by atoms with Crippen LogP contribution in [0, 0.1) is 0 Å². The van der Waals surface area contributed by atoms with Gasteiger partial charge in [-0.1, -0.05) is 48.9 Å². The third kappa shape index (κ3) is 5.54. The van der Waals surface area contributed by atoms with E-state index in [1.165, 1.54) is 36.5 Å². The van der Waals surface area contributed by atoms with Crippen LogP contribution in [0.2, 0.25) is 5.02 Å². The van der Waals surface area contributed by atoms with Crippen molar-refractivity contribution in [3.8, 4) is 5.88 Å². The molecule has 8 nitrogen and oxygen atoms in total. The molecule has 0 radical (unpaired) electrons. The van der Waals surface area contributed by atoms with E-state index in [0.29, 0.717) is 11.6 Å². The number of ether oxygens (including phenoxy) is 1. The molecule has 4 rings (SSSR count). The van der Waals surface area contributed by atoms with E-state index in [9.17, 15) is 18.3 Å². The van der Waals surface area contributed by atoms with E-state index >= 15 is 0 Å². The normalized spacial score (nSPS) is 19.6. The number of aliphatic hydroxyl groups excluding tert-OH is 1. The smallest absolute Gasteiger partial charge is 0.252 e. The molecular weight excluding hydrogens is 502 g/mol. The van der Waals surface area contributed by atoms with Crippen molar-refractivity contribution in [2.75, 3.05) is 6.54 Å². The molecule has 0 bridgehead atoms. The van der Waals surface area contributed by atoms with Gasteiger partial charge in [-0.2, -0.15) is 0 Å². The number of aromatic nitrogens is 1. The first-order chi connectivity index (χ1) is 17.0. The Morgan fingerprint density at radius 1 is 1.19 bits per heavy atom. The van der Waals surface area contributed by atoms with Crippen LogP contribution in [0.15, 0.2) is 71.8 Å². The Bertz CT molecular complexity index is 1350. The molecular formula is C26H30ClN3O5S. The van der Waals surface area contributed by atoms with E-state index in [0.717, 1.165) is 5.56 Å². The number of hydrogen-bond donors (Lipinski definition) is 3. The molecule has 0 saturated heterocycles. The van der Waals surface area contributed by atoms with Crippen LogP contribution in [-0.4, -0.2) is 42.7 Å². The number of nitrogens with one attached hydrogen (secondary N) is 2. The molecule has 0 aliphatic carbocycles. The van der Waals surface area contributed by atoms with Gasteiger partial charge in [0, 0.05) is 24.8 Å². The summed E-state index contributed by atoms with van der Waals surface area (Å²) in [5.74, 6) is -0.138. The molecule has 3 N–H and O–H groups in total. The molecule has 0 unspecified atom stereocenters. The lowest BCUT2D eigenvalue weighted by atomic mass is 9.88. The van der Waals surface area contributed by atoms with E-state index in [1.807, 2.05) is 37.3 Å². The second kappa shape index (κ2) is 10.2. The third-order valence-electron chi connectivity index (χ3n) is 6.21. The summed E-state index contributed by atoms with van der Waals surface area (Å²) in [4.78, 5) is 17.2. The van der Waals surface area contributed by atoms with E-state index in [1.54, 1.807) is 13.8 Å². The predicted molar refractivity (Wildman–Crippen MR) is 139 cm³/mol. The van der Waals surface area contributed by atoms with Crippen molar-refractivity contribution in [3.05, 3.63) is 88.6 Å². The quantitative estimate of drug-likeness (QED) is 0.423. The minimum Gasteiger partial charge on any atom is -0.469 e. The highest BCUT2D eigenvalue weighted by Crippen LogP contribution is 2.39. The monoisotopic (exact) mass is 531 g/mol. The van der Waals surface area contributed by atoms with Crippen molar-refractivity contribution in [3.63, 3.8) is 0 Å². The van der Waals surface area contributed by atoms with Crippen molar-refractivity contribution in [2.24, 2.45) is 0 Å². The minimum atomic E-state index is -4.04. The van der Waals surface area contributed by atoms with E-state index in [2.05, 4.69) is 15.0 Å². The minimum absolute atomic E-state index is 0. The van der Waals surface area contributed by atoms with E-state index < -0.39 is 27.8 Å². The molecule has 2 aromatic carbocycles. The number of carbonyl (C=O) groups excluding carboxylic acids is 1. The number of amides is 1. The molecule has 3 atom stereocenters. The maximum Gasteiger partial charge on any atom is 0.252 e. The van der Waals surface area contributed by atoms with Crippen LogP contribution in [0.25, 0.3) is 0 Å². The molecule has 1 amide bonds. The molecule has 36 heavy (non-hydrogen) atoms. The summed E-state index contributed by atoms with van der Waals surface area (Å²) in [6, 6.07) is 15.9. The summed E-state index contributed by atoms with van der Waals surface area (Å²) in [5, 5.41) is 14.3. The molecule has 1 aliphatic rings. The average Bonchev–Trinajstić information content (AvgIpc) is 2.85. The number of halogens is 1. The van der Waals surface area contributed by atoms with Gasteiger partial charge in [0.1, 0.15) is 11.7 Å². The Balaban J connectivity index is 0.00000380. The summed E-state index contributed by atoms with van der Waals surface area (Å²) in [6.07, 6.45) is 0.116. The van der Waals surface area contributed by atoms with Gasteiger partial charge in [0.15, 0.2) is 0 Å². The maximum absolute atomic E-state index is 13.1. The van der Waals surface area contributed by atoms with Crippen molar-refractivity contribution < 1.29 is 24.5 Å². The molecule has 0 fully saturated rings. The topological polar surface area (TPSA) is 118 Å². The highest BCUT2D eigenvalue weighted by atomic mass is 35.5. The zero-order valence-corrected chi connectivity index (χ0v) is 21.7. The zero-order chi connectivity index (χ0) is 26.1. The first-order valence-electron chi connectivity index (χ1n) is 11.5. The summed E-state index contributed by atoms with van der Waals surface area (Å²) in [5.41, 5.74) is 0.447. The molecule has 0 saturated carbocycles. The largest absolute Gasteiger partial charge is 0.469 e. The number of rotatable bonds is 7. The first-order valence-corrected chi connectivity index (χ1v) is 13.3. The molecule has 10 heteroatoms. The van der Waals surface area contributed by atoms with Crippen LogP contribution in [0.3, 0.4) is 0 Å². The van der Waals surface area contributed by atoms with Gasteiger partial charge in [-0.25, -0.2) is 18.1 Å². The highest BCUT2D eigenvalue weighted by Gasteiger charge is 2.45. The molecule has 2 heterocycles. The van der Waals surface area contributed by atoms with Crippen LogP contribution in [0.5, 0.6) is 5.88 Å². The Hall–Kier alpha value is -2.98. The zero-order valence-electron chi connectivity index (χ0n) is 20.1. The number of sulfonamides is 1. The molecule has 192 valence electrons. The van der Waals surface area contributed by atoms with Gasteiger partial charge in [-0.05, 0) is 55.7 Å². The number of pyridine rings is 1. The number of aliphatic hydroxyl groups is 1. The number of benzene rings is 2. The molecule has 3 aromatic rings. The first kappa shape index (κ1) is 26.1.